The first-order valence-corrected chi connectivity index (χ1v) is 12.7. The molecule has 0 radical (unpaired) electrons. The van der Waals surface area contributed by atoms with Crippen molar-refractivity contribution >= 4 is 17.6 Å². The van der Waals surface area contributed by atoms with Gasteiger partial charge in [0, 0.05) is 44.7 Å². The predicted molar refractivity (Wildman–Crippen MR) is 129 cm³/mol. The number of alkyl halides is 3. The van der Waals surface area contributed by atoms with Gasteiger partial charge in [-0.05, 0) is 75.6 Å². The monoisotopic (exact) mass is 508 g/mol. The van der Waals surface area contributed by atoms with Crippen molar-refractivity contribution < 1.29 is 27.5 Å². The van der Waals surface area contributed by atoms with E-state index in [0.717, 1.165) is 45.0 Å². The van der Waals surface area contributed by atoms with Crippen molar-refractivity contribution in [3.8, 4) is 6.07 Å². The van der Waals surface area contributed by atoms with Crippen LogP contribution in [0.5, 0.6) is 0 Å². The van der Waals surface area contributed by atoms with Gasteiger partial charge in [-0.25, -0.2) is 0 Å². The fourth-order valence-electron chi connectivity index (χ4n) is 5.05. The lowest BCUT2D eigenvalue weighted by Gasteiger charge is -2.39. The van der Waals surface area contributed by atoms with Gasteiger partial charge in [-0.3, -0.25) is 14.5 Å². The van der Waals surface area contributed by atoms with Crippen LogP contribution in [0.25, 0.3) is 0 Å². The molecule has 0 bridgehead atoms. The highest BCUT2D eigenvalue weighted by Gasteiger charge is 2.44. The fraction of sp³-hybridized carbons (Fsp3) is 0.654. The number of carbonyl (C=O) groups excluding carboxylic acids is 2. The lowest BCUT2D eigenvalue weighted by molar-refractivity contribution is -0.172. The maximum absolute atomic E-state index is 13.0. The first kappa shape index (κ1) is 27.8. The minimum atomic E-state index is -4.35. The maximum atomic E-state index is 13.0. The van der Waals surface area contributed by atoms with Gasteiger partial charge < -0.3 is 15.4 Å². The number of nitrogens with two attached hydrogens (primary N) is 1. The van der Waals surface area contributed by atoms with E-state index in [2.05, 4.69) is 4.90 Å². The zero-order chi connectivity index (χ0) is 26.2. The Morgan fingerprint density at radius 2 is 1.83 bits per heavy atom. The first-order valence-electron chi connectivity index (χ1n) is 12.7. The number of hydrogen-bond donors (Lipinski definition) is 1. The van der Waals surface area contributed by atoms with E-state index in [-0.39, 0.29) is 6.42 Å². The van der Waals surface area contributed by atoms with Gasteiger partial charge in [0.25, 0.3) is 5.91 Å². The summed E-state index contributed by atoms with van der Waals surface area (Å²) in [5.41, 5.74) is 4.35. The molecule has 3 rings (SSSR count). The van der Waals surface area contributed by atoms with Crippen LogP contribution < -0.4 is 10.6 Å². The Hall–Kier alpha value is -2.80. The highest BCUT2D eigenvalue weighted by molar-refractivity contribution is 5.86. The topological polar surface area (TPSA) is 99.7 Å². The van der Waals surface area contributed by atoms with Crippen LogP contribution in [-0.4, -0.2) is 55.1 Å². The van der Waals surface area contributed by atoms with Crippen LogP contribution in [0.2, 0.25) is 0 Å². The Bertz CT molecular complexity index is 931. The van der Waals surface area contributed by atoms with Crippen LogP contribution in [0.1, 0.15) is 63.4 Å². The number of amides is 1. The number of nitrogens with zero attached hydrogens (tertiary/aromatic N) is 3. The van der Waals surface area contributed by atoms with Crippen LogP contribution in [-0.2, 0) is 20.5 Å². The van der Waals surface area contributed by atoms with Gasteiger partial charge >= 0.3 is 12.1 Å². The molecule has 1 amide bonds. The molecule has 1 saturated carbocycles. The van der Waals surface area contributed by atoms with E-state index in [9.17, 15) is 22.8 Å². The highest BCUT2D eigenvalue weighted by atomic mass is 19.4. The normalized spacial score (nSPS) is 23.2. The summed E-state index contributed by atoms with van der Waals surface area (Å²) in [6, 6.07) is 7.51. The van der Waals surface area contributed by atoms with E-state index in [1.807, 2.05) is 11.0 Å². The van der Waals surface area contributed by atoms with Crippen molar-refractivity contribution in [3.63, 3.8) is 0 Å². The first-order chi connectivity index (χ1) is 17.1. The largest absolute Gasteiger partial charge is 0.449 e. The third kappa shape index (κ3) is 7.60. The smallest absolute Gasteiger partial charge is 0.416 e. The zero-order valence-electron chi connectivity index (χ0n) is 20.6. The number of unbranched alkanes of at least 4 members (excludes halogenated alkanes) is 2. The Labute approximate surface area is 210 Å². The third-order valence-corrected chi connectivity index (χ3v) is 7.36. The molecule has 1 aromatic carbocycles. The van der Waals surface area contributed by atoms with Crippen LogP contribution >= 0.6 is 0 Å². The molecule has 0 aromatic heterocycles. The molecule has 198 valence electrons. The number of ether oxygens (including phenoxy) is 1. The molecule has 2 N–H and O–H groups in total. The van der Waals surface area contributed by atoms with Gasteiger partial charge in [0.2, 0.25) is 0 Å². The summed E-state index contributed by atoms with van der Waals surface area (Å²) in [4.78, 5) is 28.7. The number of primary amides is 1. The van der Waals surface area contributed by atoms with Crippen molar-refractivity contribution in [3.05, 3.63) is 29.8 Å². The average Bonchev–Trinajstić information content (AvgIpc) is 2.86. The molecule has 2 aliphatic rings. The molecular weight excluding hydrogens is 473 g/mol. The Kier molecular flexibility index (Phi) is 9.60. The number of esters is 1. The van der Waals surface area contributed by atoms with Crippen molar-refractivity contribution in [1.82, 2.24) is 4.90 Å². The van der Waals surface area contributed by atoms with Crippen LogP contribution in [0.4, 0.5) is 18.9 Å². The Morgan fingerprint density at radius 3 is 2.44 bits per heavy atom. The van der Waals surface area contributed by atoms with Gasteiger partial charge in [0.1, 0.15) is 0 Å². The average molecular weight is 509 g/mol. The van der Waals surface area contributed by atoms with Crippen molar-refractivity contribution in [1.29, 1.82) is 5.26 Å². The van der Waals surface area contributed by atoms with Crippen LogP contribution in [0.15, 0.2) is 24.3 Å². The van der Waals surface area contributed by atoms with E-state index >= 15 is 0 Å². The number of hydrogen-bond acceptors (Lipinski definition) is 6. The van der Waals surface area contributed by atoms with E-state index in [1.165, 1.54) is 12.1 Å². The number of benzene rings is 1. The van der Waals surface area contributed by atoms with Crippen LogP contribution in [0, 0.1) is 17.2 Å². The van der Waals surface area contributed by atoms with Gasteiger partial charge in [0.05, 0.1) is 11.6 Å². The second-order valence-electron chi connectivity index (χ2n) is 9.81. The van der Waals surface area contributed by atoms with Crippen molar-refractivity contribution in [2.45, 2.75) is 69.6 Å². The van der Waals surface area contributed by atoms with E-state index < -0.39 is 29.2 Å². The molecule has 1 saturated heterocycles. The molecule has 1 aliphatic carbocycles. The molecule has 1 aromatic rings. The number of rotatable bonds is 10. The summed E-state index contributed by atoms with van der Waals surface area (Å²) < 4.78 is 44.6. The fourth-order valence-corrected chi connectivity index (χ4v) is 5.05. The molecule has 36 heavy (non-hydrogen) atoms. The second-order valence-corrected chi connectivity index (χ2v) is 9.81. The summed E-state index contributed by atoms with van der Waals surface area (Å²) in [6.07, 6.45) is 0.643. The number of nitriles is 1. The predicted octanol–water partition coefficient (Wildman–Crippen LogP) is 4.26. The molecule has 7 nitrogen and oxygen atoms in total. The highest BCUT2D eigenvalue weighted by Crippen LogP contribution is 2.37. The van der Waals surface area contributed by atoms with Gasteiger partial charge in [-0.2, -0.15) is 18.4 Å². The number of piperazine rings is 1. The maximum Gasteiger partial charge on any atom is 0.416 e. The lowest BCUT2D eigenvalue weighted by atomic mass is 9.77. The molecule has 0 unspecified atom stereocenters. The molecular formula is C26H35F3N4O3. The van der Waals surface area contributed by atoms with Crippen molar-refractivity contribution in [2.24, 2.45) is 11.7 Å². The van der Waals surface area contributed by atoms with E-state index in [0.29, 0.717) is 56.8 Å². The van der Waals surface area contributed by atoms with Crippen molar-refractivity contribution in [2.75, 3.05) is 37.6 Å². The van der Waals surface area contributed by atoms with Gasteiger partial charge in [-0.15, -0.1) is 0 Å². The Morgan fingerprint density at radius 1 is 1.14 bits per heavy atom. The number of halogens is 3. The van der Waals surface area contributed by atoms with Gasteiger partial charge in [-0.1, -0.05) is 6.07 Å². The number of anilines is 1. The number of carbonyl (C=O) groups is 2. The molecule has 10 heteroatoms. The quantitative estimate of drug-likeness (QED) is 0.375. The molecule has 0 spiro atoms. The van der Waals surface area contributed by atoms with E-state index in [1.54, 1.807) is 6.07 Å². The van der Waals surface area contributed by atoms with Gasteiger partial charge in [0.15, 0.2) is 5.60 Å². The van der Waals surface area contributed by atoms with E-state index in [4.69, 9.17) is 15.7 Å². The minimum absolute atomic E-state index is 0.173. The third-order valence-electron chi connectivity index (χ3n) is 7.36. The SMILES string of the molecule is N#CCCCCC(=O)OC1(C(N)=O)CCC(CCN2CCN(c3cccc(C(F)(F)F)c3)CC2)CC1. The minimum Gasteiger partial charge on any atom is -0.449 e. The summed E-state index contributed by atoms with van der Waals surface area (Å²) in [6.45, 7) is 3.76. The summed E-state index contributed by atoms with van der Waals surface area (Å²) in [5, 5.41) is 8.58. The summed E-state index contributed by atoms with van der Waals surface area (Å²) in [7, 11) is 0. The lowest BCUT2D eigenvalue weighted by Crippen LogP contribution is -2.50. The summed E-state index contributed by atoms with van der Waals surface area (Å²) >= 11 is 0. The second kappa shape index (κ2) is 12.4. The zero-order valence-corrected chi connectivity index (χ0v) is 20.6. The molecule has 1 heterocycles. The molecule has 2 fully saturated rings. The standard InChI is InChI=1S/C26H35F3N4O3/c27-26(28,29)21-5-4-6-22(19-21)33-17-15-32(16-18-33)14-10-20-8-11-25(12-9-20,24(31)35)36-23(34)7-2-1-3-13-30/h4-6,19-20H,1-3,7-12,14-18H2,(H2,31,35). The van der Waals surface area contributed by atoms with Crippen LogP contribution in [0.3, 0.4) is 0 Å². The Balaban J connectivity index is 1.41. The summed E-state index contributed by atoms with van der Waals surface area (Å²) in [5.74, 6) is -0.644. The molecule has 0 atom stereocenters. The molecule has 1 aliphatic heterocycles.